The highest BCUT2D eigenvalue weighted by molar-refractivity contribution is 7.08. The molecule has 0 aliphatic carbocycles. The first kappa shape index (κ1) is 7.74. The summed E-state index contributed by atoms with van der Waals surface area (Å²) >= 11 is 1.06. The molecule has 0 fully saturated rings. The van der Waals surface area contributed by atoms with E-state index in [1.165, 1.54) is 10.8 Å². The minimum atomic E-state index is -1.20. The van der Waals surface area contributed by atoms with Crippen molar-refractivity contribution in [2.24, 2.45) is 0 Å². The molecule has 11 heavy (non-hydrogen) atoms. The molecule has 0 bridgehead atoms. The minimum Gasteiger partial charge on any atom is -0.478 e. The topological polar surface area (TPSA) is 74.6 Å². The van der Waals surface area contributed by atoms with Crippen molar-refractivity contribution in [2.45, 2.75) is 0 Å². The molecule has 0 aromatic carbocycles. The molecule has 1 aromatic heterocycles. The quantitative estimate of drug-likeness (QED) is 0.718. The Balaban J connectivity index is 0. The Bertz CT molecular complexity index is 281. The second-order valence-electron chi connectivity index (χ2n) is 1.81. The van der Waals surface area contributed by atoms with Gasteiger partial charge in [0, 0.05) is 13.6 Å². The molecular formula is C6H8O4S. The summed E-state index contributed by atoms with van der Waals surface area (Å²) in [7, 11) is 0. The standard InChI is InChI=1S/C6H4O4S.2H2/c7-5(8)3-1-11-2-4(3)6(9)10;;/h1-2H,(H,7,8)(H,9,10);2*1H. The molecule has 0 radical (unpaired) electrons. The van der Waals surface area contributed by atoms with Gasteiger partial charge >= 0.3 is 11.9 Å². The van der Waals surface area contributed by atoms with E-state index >= 15 is 0 Å². The zero-order chi connectivity index (χ0) is 8.43. The van der Waals surface area contributed by atoms with Crippen LogP contribution in [0.3, 0.4) is 0 Å². The number of hydrogen-bond acceptors (Lipinski definition) is 3. The molecule has 0 aliphatic rings. The lowest BCUT2D eigenvalue weighted by Crippen LogP contribution is -2.03. The molecule has 2 N–H and O–H groups in total. The second-order valence-corrected chi connectivity index (χ2v) is 2.55. The van der Waals surface area contributed by atoms with Crippen LogP contribution in [0.15, 0.2) is 10.8 Å². The van der Waals surface area contributed by atoms with Crippen molar-refractivity contribution in [3.63, 3.8) is 0 Å². The van der Waals surface area contributed by atoms with E-state index in [-0.39, 0.29) is 14.0 Å². The van der Waals surface area contributed by atoms with Crippen molar-refractivity contribution >= 4 is 23.3 Å². The second kappa shape index (κ2) is 2.71. The monoisotopic (exact) mass is 176 g/mol. The van der Waals surface area contributed by atoms with Crippen molar-refractivity contribution in [3.8, 4) is 0 Å². The predicted molar refractivity (Wildman–Crippen MR) is 42.5 cm³/mol. The molecule has 1 aromatic rings. The van der Waals surface area contributed by atoms with Crippen LogP contribution in [0.4, 0.5) is 0 Å². The van der Waals surface area contributed by atoms with Crippen LogP contribution in [-0.4, -0.2) is 22.2 Å². The fraction of sp³-hybridized carbons (Fsp3) is 0. The number of thiophene rings is 1. The molecule has 0 spiro atoms. The Morgan fingerprint density at radius 3 is 1.82 bits per heavy atom. The first-order valence-electron chi connectivity index (χ1n) is 2.65. The smallest absolute Gasteiger partial charge is 0.337 e. The van der Waals surface area contributed by atoms with Crippen LogP contribution >= 0.6 is 11.3 Å². The number of rotatable bonds is 2. The molecule has 0 unspecified atom stereocenters. The average Bonchev–Trinajstić information content (AvgIpc) is 2.32. The minimum absolute atomic E-state index is 0. The fourth-order valence-electron chi connectivity index (χ4n) is 0.628. The van der Waals surface area contributed by atoms with E-state index in [0.717, 1.165) is 11.3 Å². The van der Waals surface area contributed by atoms with Crippen LogP contribution in [0.25, 0.3) is 0 Å². The van der Waals surface area contributed by atoms with E-state index in [1.54, 1.807) is 0 Å². The highest BCUT2D eigenvalue weighted by Crippen LogP contribution is 2.14. The third-order valence-corrected chi connectivity index (χ3v) is 1.87. The van der Waals surface area contributed by atoms with Crippen molar-refractivity contribution in [3.05, 3.63) is 21.9 Å². The molecule has 0 atom stereocenters. The van der Waals surface area contributed by atoms with E-state index in [4.69, 9.17) is 10.2 Å². The van der Waals surface area contributed by atoms with Crippen LogP contribution in [0.1, 0.15) is 23.6 Å². The first-order chi connectivity index (χ1) is 5.13. The Morgan fingerprint density at radius 2 is 1.55 bits per heavy atom. The molecule has 0 amide bonds. The number of carboxylic acids is 2. The van der Waals surface area contributed by atoms with Gasteiger partial charge in [0.25, 0.3) is 0 Å². The molecule has 4 nitrogen and oxygen atoms in total. The largest absolute Gasteiger partial charge is 0.478 e. The van der Waals surface area contributed by atoms with E-state index < -0.39 is 11.9 Å². The molecule has 0 aliphatic heterocycles. The molecule has 62 valence electrons. The van der Waals surface area contributed by atoms with Gasteiger partial charge in [0.15, 0.2) is 0 Å². The molecular weight excluding hydrogens is 168 g/mol. The number of carboxylic acid groups (broad SMARTS) is 2. The first-order valence-corrected chi connectivity index (χ1v) is 3.60. The third-order valence-electron chi connectivity index (χ3n) is 1.12. The van der Waals surface area contributed by atoms with E-state index in [2.05, 4.69) is 0 Å². The van der Waals surface area contributed by atoms with Crippen LogP contribution in [0.5, 0.6) is 0 Å². The van der Waals surface area contributed by atoms with Gasteiger partial charge in [-0.1, -0.05) is 0 Å². The maximum Gasteiger partial charge on any atom is 0.337 e. The fourth-order valence-corrected chi connectivity index (χ4v) is 1.42. The van der Waals surface area contributed by atoms with Gasteiger partial charge in [0.05, 0.1) is 11.1 Å². The van der Waals surface area contributed by atoms with Crippen molar-refractivity contribution in [2.75, 3.05) is 0 Å². The van der Waals surface area contributed by atoms with Crippen LogP contribution in [0, 0.1) is 0 Å². The summed E-state index contributed by atoms with van der Waals surface area (Å²) in [5.41, 5.74) is -0.301. The SMILES string of the molecule is O=C(O)c1cscc1C(=O)O.[HH].[HH]. The van der Waals surface area contributed by atoms with Gasteiger partial charge in [-0.15, -0.1) is 0 Å². The molecule has 1 rings (SSSR count). The van der Waals surface area contributed by atoms with E-state index in [0.29, 0.717) is 0 Å². The average molecular weight is 176 g/mol. The lowest BCUT2D eigenvalue weighted by Gasteiger charge is -1.90. The van der Waals surface area contributed by atoms with E-state index in [9.17, 15) is 9.59 Å². The lowest BCUT2D eigenvalue weighted by molar-refractivity contribution is 0.0653. The van der Waals surface area contributed by atoms with Gasteiger partial charge in [0.1, 0.15) is 0 Å². The van der Waals surface area contributed by atoms with Gasteiger partial charge < -0.3 is 10.2 Å². The molecule has 0 saturated heterocycles. The maximum atomic E-state index is 10.3. The summed E-state index contributed by atoms with van der Waals surface area (Å²) < 4.78 is 0. The zero-order valence-electron chi connectivity index (χ0n) is 5.27. The third kappa shape index (κ3) is 1.38. The number of carbonyl (C=O) groups is 2. The highest BCUT2D eigenvalue weighted by atomic mass is 32.1. The number of hydrogen-bond donors (Lipinski definition) is 2. The Labute approximate surface area is 68.7 Å². The van der Waals surface area contributed by atoms with Crippen molar-refractivity contribution in [1.29, 1.82) is 0 Å². The van der Waals surface area contributed by atoms with Gasteiger partial charge in [-0.25, -0.2) is 9.59 Å². The van der Waals surface area contributed by atoms with Crippen molar-refractivity contribution in [1.82, 2.24) is 0 Å². The predicted octanol–water partition coefficient (Wildman–Crippen LogP) is 1.64. The normalized spacial score (nSPS) is 9.45. The molecule has 1 heterocycles. The summed E-state index contributed by atoms with van der Waals surface area (Å²) in [5, 5.41) is 19.5. The van der Waals surface area contributed by atoms with Crippen LogP contribution < -0.4 is 0 Å². The van der Waals surface area contributed by atoms with Crippen LogP contribution in [-0.2, 0) is 0 Å². The number of aromatic carboxylic acids is 2. The van der Waals surface area contributed by atoms with Crippen LogP contribution in [0.2, 0.25) is 0 Å². The van der Waals surface area contributed by atoms with Crippen molar-refractivity contribution < 1.29 is 22.7 Å². The maximum absolute atomic E-state index is 10.3. The Hall–Kier alpha value is -1.36. The summed E-state index contributed by atoms with van der Waals surface area (Å²) in [6.45, 7) is 0. The summed E-state index contributed by atoms with van der Waals surface area (Å²) in [6, 6.07) is 0. The molecule has 5 heteroatoms. The Kier molecular flexibility index (Phi) is 1.91. The summed E-state index contributed by atoms with van der Waals surface area (Å²) in [6.07, 6.45) is 0. The van der Waals surface area contributed by atoms with Gasteiger partial charge in [0.2, 0.25) is 0 Å². The van der Waals surface area contributed by atoms with Gasteiger partial charge in [-0.3, -0.25) is 0 Å². The Morgan fingerprint density at radius 1 is 1.18 bits per heavy atom. The van der Waals surface area contributed by atoms with Gasteiger partial charge in [-0.2, -0.15) is 11.3 Å². The van der Waals surface area contributed by atoms with E-state index in [1.807, 2.05) is 0 Å². The molecule has 0 saturated carbocycles. The highest BCUT2D eigenvalue weighted by Gasteiger charge is 2.15. The zero-order valence-corrected chi connectivity index (χ0v) is 6.09. The summed E-state index contributed by atoms with van der Waals surface area (Å²) in [4.78, 5) is 20.7. The lowest BCUT2D eigenvalue weighted by atomic mass is 10.2. The summed E-state index contributed by atoms with van der Waals surface area (Å²) in [5.74, 6) is -2.41. The van der Waals surface area contributed by atoms with Gasteiger partial charge in [-0.05, 0) is 0 Å².